The van der Waals surface area contributed by atoms with Gasteiger partial charge in [0.15, 0.2) is 5.96 Å². The third-order valence-corrected chi connectivity index (χ3v) is 5.15. The van der Waals surface area contributed by atoms with Gasteiger partial charge < -0.3 is 24.4 Å². The van der Waals surface area contributed by atoms with Crippen LogP contribution >= 0.6 is 0 Å². The summed E-state index contributed by atoms with van der Waals surface area (Å²) in [5.41, 5.74) is 0. The standard InChI is InChI=1S/C20H37N3O4/c1-3-21-20(22-12-6-4-9-19(24)25-2)23-13-10-17(11-14-23)27-16-18-8-5-7-15-26-18/h17-18H,3-16H2,1-2H3,(H,21,22). The number of esters is 1. The number of guanidine groups is 1. The zero-order valence-electron chi connectivity index (χ0n) is 17.1. The molecule has 7 heteroatoms. The van der Waals surface area contributed by atoms with Crippen molar-refractivity contribution in [2.75, 3.05) is 46.5 Å². The Morgan fingerprint density at radius 3 is 2.70 bits per heavy atom. The third kappa shape index (κ3) is 8.47. The first-order valence-corrected chi connectivity index (χ1v) is 10.6. The zero-order chi connectivity index (χ0) is 19.3. The number of nitrogens with zero attached hydrogens (tertiary/aromatic N) is 2. The van der Waals surface area contributed by atoms with Gasteiger partial charge in [0, 0.05) is 39.2 Å². The Balaban J connectivity index is 1.66. The molecule has 0 radical (unpaired) electrons. The summed E-state index contributed by atoms with van der Waals surface area (Å²) in [6.45, 7) is 7.22. The fourth-order valence-electron chi connectivity index (χ4n) is 3.51. The second-order valence-corrected chi connectivity index (χ2v) is 7.28. The topological polar surface area (TPSA) is 72.4 Å². The molecule has 0 aromatic rings. The Labute approximate surface area is 163 Å². The predicted octanol–water partition coefficient (Wildman–Crippen LogP) is 2.35. The first-order chi connectivity index (χ1) is 13.2. The number of carbonyl (C=O) groups is 1. The van der Waals surface area contributed by atoms with E-state index in [0.717, 1.165) is 77.5 Å². The molecule has 27 heavy (non-hydrogen) atoms. The first-order valence-electron chi connectivity index (χ1n) is 10.6. The van der Waals surface area contributed by atoms with Gasteiger partial charge in [0.2, 0.25) is 0 Å². The molecule has 1 unspecified atom stereocenters. The maximum atomic E-state index is 11.1. The fourth-order valence-corrected chi connectivity index (χ4v) is 3.51. The molecule has 2 fully saturated rings. The molecule has 0 aliphatic carbocycles. The van der Waals surface area contributed by atoms with Gasteiger partial charge in [-0.15, -0.1) is 0 Å². The van der Waals surface area contributed by atoms with E-state index >= 15 is 0 Å². The lowest BCUT2D eigenvalue weighted by Crippen LogP contribution is -2.47. The number of carbonyl (C=O) groups excluding carboxylic acids is 1. The van der Waals surface area contributed by atoms with Gasteiger partial charge in [-0.1, -0.05) is 0 Å². The number of unbranched alkanes of at least 4 members (excludes halogenated alkanes) is 1. The van der Waals surface area contributed by atoms with Crippen LogP contribution in [0.1, 0.15) is 58.3 Å². The van der Waals surface area contributed by atoms with Gasteiger partial charge in [0.25, 0.3) is 0 Å². The molecule has 1 atom stereocenters. The van der Waals surface area contributed by atoms with Crippen molar-refractivity contribution in [2.24, 2.45) is 4.99 Å². The van der Waals surface area contributed by atoms with Crippen molar-refractivity contribution in [3.63, 3.8) is 0 Å². The number of piperidine rings is 1. The average Bonchev–Trinajstić information content (AvgIpc) is 2.72. The van der Waals surface area contributed by atoms with Gasteiger partial charge in [-0.25, -0.2) is 0 Å². The highest BCUT2D eigenvalue weighted by molar-refractivity contribution is 5.80. The summed E-state index contributed by atoms with van der Waals surface area (Å²) in [6, 6.07) is 0. The van der Waals surface area contributed by atoms with Gasteiger partial charge >= 0.3 is 5.97 Å². The van der Waals surface area contributed by atoms with Gasteiger partial charge in [-0.3, -0.25) is 9.79 Å². The Kier molecular flexibility index (Phi) is 10.5. The summed E-state index contributed by atoms with van der Waals surface area (Å²) in [4.78, 5) is 18.2. The molecule has 7 nitrogen and oxygen atoms in total. The minimum absolute atomic E-state index is 0.147. The molecule has 1 N–H and O–H groups in total. The third-order valence-electron chi connectivity index (χ3n) is 5.15. The molecule has 0 amide bonds. The molecule has 156 valence electrons. The molecule has 0 aromatic carbocycles. The van der Waals surface area contributed by atoms with E-state index < -0.39 is 0 Å². The van der Waals surface area contributed by atoms with Crippen LogP contribution < -0.4 is 5.32 Å². The summed E-state index contributed by atoms with van der Waals surface area (Å²) in [6.07, 6.45) is 8.43. The highest BCUT2D eigenvalue weighted by Crippen LogP contribution is 2.18. The van der Waals surface area contributed by atoms with E-state index in [0.29, 0.717) is 18.6 Å². The van der Waals surface area contributed by atoms with Crippen LogP contribution in [0.5, 0.6) is 0 Å². The SMILES string of the molecule is CCNC(=NCCCCC(=O)OC)N1CCC(OCC2CCCCO2)CC1. The maximum Gasteiger partial charge on any atom is 0.305 e. The summed E-state index contributed by atoms with van der Waals surface area (Å²) in [7, 11) is 1.43. The van der Waals surface area contributed by atoms with Crippen molar-refractivity contribution in [3.05, 3.63) is 0 Å². The molecule has 0 aromatic heterocycles. The fraction of sp³-hybridized carbons (Fsp3) is 0.900. The van der Waals surface area contributed by atoms with Crippen LogP contribution in [-0.4, -0.2) is 75.5 Å². The van der Waals surface area contributed by atoms with Crippen molar-refractivity contribution < 1.29 is 19.0 Å². The molecule has 2 heterocycles. The van der Waals surface area contributed by atoms with Crippen molar-refractivity contribution in [2.45, 2.75) is 70.5 Å². The zero-order valence-corrected chi connectivity index (χ0v) is 17.1. The number of hydrogen-bond acceptors (Lipinski definition) is 5. The highest BCUT2D eigenvalue weighted by Gasteiger charge is 2.23. The average molecular weight is 384 g/mol. The van der Waals surface area contributed by atoms with Crippen LogP contribution in [0.2, 0.25) is 0 Å². The Morgan fingerprint density at radius 1 is 1.22 bits per heavy atom. The molecule has 2 rings (SSSR count). The quantitative estimate of drug-likeness (QED) is 0.285. The van der Waals surface area contributed by atoms with E-state index in [2.05, 4.69) is 21.9 Å². The second-order valence-electron chi connectivity index (χ2n) is 7.28. The minimum Gasteiger partial charge on any atom is -0.469 e. The van der Waals surface area contributed by atoms with E-state index in [1.54, 1.807) is 0 Å². The predicted molar refractivity (Wildman–Crippen MR) is 106 cm³/mol. The van der Waals surface area contributed by atoms with Crippen LogP contribution in [0.3, 0.4) is 0 Å². The van der Waals surface area contributed by atoms with Crippen LogP contribution in [0, 0.1) is 0 Å². The maximum absolute atomic E-state index is 11.1. The van der Waals surface area contributed by atoms with E-state index in [9.17, 15) is 4.79 Å². The van der Waals surface area contributed by atoms with Crippen LogP contribution in [0.4, 0.5) is 0 Å². The number of nitrogens with one attached hydrogen (secondary N) is 1. The van der Waals surface area contributed by atoms with Crippen molar-refractivity contribution in [1.82, 2.24) is 10.2 Å². The summed E-state index contributed by atoms with van der Waals surface area (Å²) < 4.78 is 16.5. The number of rotatable bonds is 9. The van der Waals surface area contributed by atoms with Crippen molar-refractivity contribution >= 4 is 11.9 Å². The summed E-state index contributed by atoms with van der Waals surface area (Å²) in [5.74, 6) is 0.830. The monoisotopic (exact) mass is 383 g/mol. The van der Waals surface area contributed by atoms with Crippen LogP contribution in [0.15, 0.2) is 4.99 Å². The molecular weight excluding hydrogens is 346 g/mol. The van der Waals surface area contributed by atoms with Crippen LogP contribution in [-0.2, 0) is 19.0 Å². The van der Waals surface area contributed by atoms with Gasteiger partial charge in [-0.2, -0.15) is 0 Å². The molecule has 0 bridgehead atoms. The Bertz CT molecular complexity index is 445. The second kappa shape index (κ2) is 12.9. The smallest absolute Gasteiger partial charge is 0.305 e. The highest BCUT2D eigenvalue weighted by atomic mass is 16.5. The Hall–Kier alpha value is -1.34. The normalized spacial score (nSPS) is 21.9. The largest absolute Gasteiger partial charge is 0.469 e. The molecular formula is C20H37N3O4. The van der Waals surface area contributed by atoms with Gasteiger partial charge in [-0.05, 0) is 51.9 Å². The van der Waals surface area contributed by atoms with E-state index in [1.807, 2.05) is 0 Å². The van der Waals surface area contributed by atoms with Crippen molar-refractivity contribution in [3.8, 4) is 0 Å². The molecule has 2 aliphatic heterocycles. The Morgan fingerprint density at radius 2 is 2.04 bits per heavy atom. The molecule has 0 saturated carbocycles. The molecule has 2 aliphatic rings. The molecule has 0 spiro atoms. The van der Waals surface area contributed by atoms with Gasteiger partial charge in [0.05, 0.1) is 25.9 Å². The summed E-state index contributed by atoms with van der Waals surface area (Å²) >= 11 is 0. The lowest BCUT2D eigenvalue weighted by molar-refractivity contribution is -0.140. The number of aliphatic imine (C=N–C) groups is 1. The van der Waals surface area contributed by atoms with E-state index in [-0.39, 0.29) is 5.97 Å². The van der Waals surface area contributed by atoms with E-state index in [4.69, 9.17) is 14.5 Å². The van der Waals surface area contributed by atoms with E-state index in [1.165, 1.54) is 20.0 Å². The number of hydrogen-bond donors (Lipinski definition) is 1. The number of ether oxygens (including phenoxy) is 3. The number of methoxy groups -OCH3 is 1. The first kappa shape index (κ1) is 22.0. The van der Waals surface area contributed by atoms with Crippen LogP contribution in [0.25, 0.3) is 0 Å². The lowest BCUT2D eigenvalue weighted by atomic mass is 10.1. The number of likely N-dealkylation sites (tertiary alicyclic amines) is 1. The molecule has 2 saturated heterocycles. The minimum atomic E-state index is -0.147. The summed E-state index contributed by atoms with van der Waals surface area (Å²) in [5, 5.41) is 3.39. The lowest BCUT2D eigenvalue weighted by Gasteiger charge is -2.35. The van der Waals surface area contributed by atoms with Crippen molar-refractivity contribution in [1.29, 1.82) is 0 Å². The van der Waals surface area contributed by atoms with Gasteiger partial charge in [0.1, 0.15) is 0 Å².